The molecule has 0 unspecified atom stereocenters. The van der Waals surface area contributed by atoms with E-state index in [9.17, 15) is 4.79 Å². The summed E-state index contributed by atoms with van der Waals surface area (Å²) in [5.41, 5.74) is 0.412. The van der Waals surface area contributed by atoms with Crippen LogP contribution in [0.1, 0.15) is 30.3 Å². The van der Waals surface area contributed by atoms with E-state index in [0.717, 1.165) is 13.1 Å². The van der Waals surface area contributed by atoms with Crippen molar-refractivity contribution in [1.82, 2.24) is 14.9 Å². The molecular weight excluding hydrogens is 216 g/mol. The van der Waals surface area contributed by atoms with Gasteiger partial charge in [-0.05, 0) is 25.7 Å². The zero-order valence-corrected chi connectivity index (χ0v) is 10.3. The van der Waals surface area contributed by atoms with Crippen molar-refractivity contribution in [2.45, 2.75) is 19.8 Å². The first-order chi connectivity index (χ1) is 8.20. The number of anilines is 1. The third-order valence-electron chi connectivity index (χ3n) is 2.80. The summed E-state index contributed by atoms with van der Waals surface area (Å²) in [7, 11) is 1.82. The fourth-order valence-electron chi connectivity index (χ4n) is 1.68. The fraction of sp³-hybridized carbons (Fsp3) is 0.583. The first-order valence-corrected chi connectivity index (χ1v) is 6.02. The molecule has 0 aromatic carbocycles. The van der Waals surface area contributed by atoms with Gasteiger partial charge in [-0.3, -0.25) is 4.79 Å². The van der Waals surface area contributed by atoms with E-state index in [4.69, 9.17) is 0 Å². The molecule has 0 saturated heterocycles. The van der Waals surface area contributed by atoms with E-state index in [1.54, 1.807) is 11.1 Å². The highest BCUT2D eigenvalue weighted by Crippen LogP contribution is 2.29. The van der Waals surface area contributed by atoms with Crippen LogP contribution in [0, 0.1) is 5.92 Å². The molecule has 0 aliphatic heterocycles. The Balaban J connectivity index is 1.97. The van der Waals surface area contributed by atoms with Gasteiger partial charge < -0.3 is 10.2 Å². The number of carbonyl (C=O) groups excluding carboxylic acids is 1. The summed E-state index contributed by atoms with van der Waals surface area (Å²) in [6.45, 7) is 3.61. The van der Waals surface area contributed by atoms with Crippen LogP contribution in [0.5, 0.6) is 0 Å². The number of nitrogens with zero attached hydrogens (tertiary/aromatic N) is 3. The third-order valence-corrected chi connectivity index (χ3v) is 2.80. The zero-order valence-electron chi connectivity index (χ0n) is 10.3. The molecular formula is C12H18N4O. The van der Waals surface area contributed by atoms with Crippen molar-refractivity contribution < 1.29 is 4.79 Å². The first-order valence-electron chi connectivity index (χ1n) is 6.02. The van der Waals surface area contributed by atoms with Crippen molar-refractivity contribution in [1.29, 1.82) is 0 Å². The molecule has 0 radical (unpaired) electrons. The minimum absolute atomic E-state index is 0.0487. The van der Waals surface area contributed by atoms with Gasteiger partial charge in [-0.15, -0.1) is 0 Å². The van der Waals surface area contributed by atoms with Gasteiger partial charge in [0.1, 0.15) is 11.5 Å². The Morgan fingerprint density at radius 2 is 2.24 bits per heavy atom. The van der Waals surface area contributed by atoms with Crippen LogP contribution in [0.15, 0.2) is 12.4 Å². The van der Waals surface area contributed by atoms with E-state index >= 15 is 0 Å². The Bertz CT molecular complexity index is 386. The average Bonchev–Trinajstić information content (AvgIpc) is 3.13. The van der Waals surface area contributed by atoms with Gasteiger partial charge in [-0.2, -0.15) is 0 Å². The molecule has 1 aromatic heterocycles. The fourth-order valence-corrected chi connectivity index (χ4v) is 1.68. The molecule has 1 aliphatic carbocycles. The highest BCUT2D eigenvalue weighted by Gasteiger charge is 2.25. The Morgan fingerprint density at radius 1 is 1.47 bits per heavy atom. The van der Waals surface area contributed by atoms with Crippen molar-refractivity contribution in [2.75, 3.05) is 25.5 Å². The maximum Gasteiger partial charge on any atom is 0.273 e. The maximum atomic E-state index is 12.0. The van der Waals surface area contributed by atoms with E-state index in [1.807, 2.05) is 14.0 Å². The summed E-state index contributed by atoms with van der Waals surface area (Å²) in [5, 5.41) is 3.05. The molecule has 1 fully saturated rings. The molecule has 1 N–H and O–H groups in total. The van der Waals surface area contributed by atoms with Gasteiger partial charge in [-0.1, -0.05) is 0 Å². The van der Waals surface area contributed by atoms with Gasteiger partial charge in [0.25, 0.3) is 5.91 Å². The predicted molar refractivity (Wildman–Crippen MR) is 65.9 cm³/mol. The molecule has 1 amide bonds. The summed E-state index contributed by atoms with van der Waals surface area (Å²) in [5.74, 6) is 1.35. The molecule has 5 nitrogen and oxygen atoms in total. The Labute approximate surface area is 101 Å². The lowest BCUT2D eigenvalue weighted by Gasteiger charge is -2.15. The van der Waals surface area contributed by atoms with Crippen molar-refractivity contribution in [2.24, 2.45) is 5.92 Å². The lowest BCUT2D eigenvalue weighted by molar-refractivity contribution is 0.0782. The van der Waals surface area contributed by atoms with Gasteiger partial charge in [0.05, 0.1) is 12.4 Å². The lowest BCUT2D eigenvalue weighted by Crippen LogP contribution is -2.29. The van der Waals surface area contributed by atoms with Crippen molar-refractivity contribution >= 4 is 11.7 Å². The average molecular weight is 234 g/mol. The third kappa shape index (κ3) is 3.15. The Morgan fingerprint density at radius 3 is 2.76 bits per heavy atom. The molecule has 0 spiro atoms. The molecule has 1 heterocycles. The van der Waals surface area contributed by atoms with Crippen LogP contribution in [-0.4, -0.2) is 40.9 Å². The van der Waals surface area contributed by atoms with Crippen LogP contribution in [0.2, 0.25) is 0 Å². The molecule has 5 heteroatoms. The van der Waals surface area contributed by atoms with E-state index in [1.165, 1.54) is 19.0 Å². The summed E-state index contributed by atoms with van der Waals surface area (Å²) in [4.78, 5) is 22.0. The second-order valence-electron chi connectivity index (χ2n) is 4.45. The largest absolute Gasteiger partial charge is 0.369 e. The maximum absolute atomic E-state index is 12.0. The summed E-state index contributed by atoms with van der Waals surface area (Å²) < 4.78 is 0. The van der Waals surface area contributed by atoms with Gasteiger partial charge in [-0.25, -0.2) is 9.97 Å². The van der Waals surface area contributed by atoms with Gasteiger partial charge in [0.15, 0.2) is 0 Å². The SMILES string of the molecule is CCNc1cnc(C(=O)N(C)CC2CC2)cn1. The van der Waals surface area contributed by atoms with E-state index in [0.29, 0.717) is 17.4 Å². The normalized spacial score (nSPS) is 14.5. The highest BCUT2D eigenvalue weighted by atomic mass is 16.2. The van der Waals surface area contributed by atoms with Crippen LogP contribution in [-0.2, 0) is 0 Å². The number of hydrogen-bond donors (Lipinski definition) is 1. The van der Waals surface area contributed by atoms with Crippen LogP contribution in [0.3, 0.4) is 0 Å². The summed E-state index contributed by atoms with van der Waals surface area (Å²) in [6, 6.07) is 0. The number of hydrogen-bond acceptors (Lipinski definition) is 4. The minimum Gasteiger partial charge on any atom is -0.369 e. The molecule has 2 rings (SSSR count). The smallest absolute Gasteiger partial charge is 0.273 e. The molecule has 92 valence electrons. The van der Waals surface area contributed by atoms with Crippen LogP contribution < -0.4 is 5.32 Å². The summed E-state index contributed by atoms with van der Waals surface area (Å²) >= 11 is 0. The number of rotatable bonds is 5. The molecule has 17 heavy (non-hydrogen) atoms. The molecule has 0 atom stereocenters. The molecule has 1 saturated carbocycles. The molecule has 1 aliphatic rings. The van der Waals surface area contributed by atoms with Crippen LogP contribution in [0.4, 0.5) is 5.82 Å². The predicted octanol–water partition coefficient (Wildman–Crippen LogP) is 1.39. The van der Waals surface area contributed by atoms with Gasteiger partial charge in [0, 0.05) is 20.1 Å². The Kier molecular flexibility index (Phi) is 3.56. The lowest BCUT2D eigenvalue weighted by atomic mass is 10.3. The monoisotopic (exact) mass is 234 g/mol. The summed E-state index contributed by atoms with van der Waals surface area (Å²) in [6.07, 6.45) is 5.61. The molecule has 1 aromatic rings. The second-order valence-corrected chi connectivity index (χ2v) is 4.45. The van der Waals surface area contributed by atoms with Gasteiger partial charge >= 0.3 is 0 Å². The number of nitrogens with one attached hydrogen (secondary N) is 1. The Hall–Kier alpha value is -1.65. The first kappa shape index (κ1) is 11.8. The zero-order chi connectivity index (χ0) is 12.3. The van der Waals surface area contributed by atoms with Gasteiger partial charge in [0.2, 0.25) is 0 Å². The van der Waals surface area contributed by atoms with E-state index in [2.05, 4.69) is 15.3 Å². The van der Waals surface area contributed by atoms with Crippen molar-refractivity contribution in [3.8, 4) is 0 Å². The standard InChI is InChI=1S/C12H18N4O/c1-3-13-11-7-14-10(6-15-11)12(17)16(2)8-9-4-5-9/h6-7,9H,3-5,8H2,1-2H3,(H,13,15). The molecule has 0 bridgehead atoms. The minimum atomic E-state index is -0.0487. The number of aromatic nitrogens is 2. The van der Waals surface area contributed by atoms with Crippen LogP contribution >= 0.6 is 0 Å². The van der Waals surface area contributed by atoms with Crippen molar-refractivity contribution in [3.05, 3.63) is 18.1 Å². The second kappa shape index (κ2) is 5.12. The number of carbonyl (C=O) groups is 1. The van der Waals surface area contributed by atoms with E-state index < -0.39 is 0 Å². The van der Waals surface area contributed by atoms with Crippen LogP contribution in [0.25, 0.3) is 0 Å². The topological polar surface area (TPSA) is 58.1 Å². The quantitative estimate of drug-likeness (QED) is 0.836. The highest BCUT2D eigenvalue weighted by molar-refractivity contribution is 5.91. The number of amides is 1. The van der Waals surface area contributed by atoms with Crippen molar-refractivity contribution in [3.63, 3.8) is 0 Å². The van der Waals surface area contributed by atoms with E-state index in [-0.39, 0.29) is 5.91 Å².